The Hall–Kier alpha value is -1.65. The van der Waals surface area contributed by atoms with Crippen molar-refractivity contribution in [2.45, 2.75) is 166 Å². The second-order valence-corrected chi connectivity index (χ2v) is 40.3. The van der Waals surface area contributed by atoms with Gasteiger partial charge in [-0.25, -0.2) is 0 Å². The summed E-state index contributed by atoms with van der Waals surface area (Å²) in [6.07, 6.45) is 1.37. The number of rotatable bonds is 42. The fraction of sp³-hybridized carbons (Fsp3) is 0.755. The first-order chi connectivity index (χ1) is 38.2. The average molecular weight is 1270 g/mol. The van der Waals surface area contributed by atoms with E-state index >= 15 is 0 Å². The van der Waals surface area contributed by atoms with Crippen LogP contribution in [0.3, 0.4) is 0 Å². The zero-order valence-electron chi connectivity index (χ0n) is 53.0. The number of amides is 1. The van der Waals surface area contributed by atoms with E-state index in [2.05, 4.69) is 43.4 Å². The number of carbonyl (C=O) groups excluding carboxylic acids is 1. The Kier molecular flexibility index (Phi) is 34.6. The van der Waals surface area contributed by atoms with Gasteiger partial charge in [-0.2, -0.15) is 0 Å². The Labute approximate surface area is 494 Å². The maximum Gasteiger partial charge on any atom is 0.500 e. The van der Waals surface area contributed by atoms with Gasteiger partial charge in [-0.1, -0.05) is 38.1 Å². The lowest BCUT2D eigenvalue weighted by atomic mass is 9.78. The lowest BCUT2D eigenvalue weighted by molar-refractivity contribution is -0.119. The second-order valence-electron chi connectivity index (χ2n) is 20.0. The largest absolute Gasteiger partial charge is 0.500 e. The van der Waals surface area contributed by atoms with Crippen LogP contribution in [-0.2, 0) is 84.5 Å². The normalized spacial score (nSPS) is 18.4. The minimum absolute atomic E-state index is 0.0125. The molecule has 28 heteroatoms. The van der Waals surface area contributed by atoms with Crippen molar-refractivity contribution in [1.82, 2.24) is 5.32 Å². The van der Waals surface area contributed by atoms with Crippen LogP contribution in [0.15, 0.2) is 48.5 Å². The molecule has 2 heterocycles. The molecule has 4 rings (SSSR count). The Bertz CT molecular complexity index is 1930. The highest BCUT2D eigenvalue weighted by Gasteiger charge is 2.59. The molecule has 81 heavy (non-hydrogen) atoms. The van der Waals surface area contributed by atoms with E-state index in [4.69, 9.17) is 83.8 Å². The summed E-state index contributed by atoms with van der Waals surface area (Å²) in [6, 6.07) is 17.4. The van der Waals surface area contributed by atoms with E-state index < -0.39 is 61.4 Å². The lowest BCUT2D eigenvalue weighted by Gasteiger charge is -2.43. The molecule has 1 N–H and O–H groups in total. The summed E-state index contributed by atoms with van der Waals surface area (Å²) in [7, 11) is -21.8. The first-order valence-corrected chi connectivity index (χ1v) is 44.9. The molecule has 470 valence electrons. The van der Waals surface area contributed by atoms with Gasteiger partial charge in [0.15, 0.2) is 0 Å². The Morgan fingerprint density at radius 1 is 0.469 bits per heavy atom. The van der Waals surface area contributed by atoms with Gasteiger partial charge in [-0.15, -0.1) is 0 Å². The van der Waals surface area contributed by atoms with Crippen molar-refractivity contribution in [1.29, 1.82) is 0 Å². The van der Waals surface area contributed by atoms with Crippen LogP contribution in [0.1, 0.15) is 108 Å². The summed E-state index contributed by atoms with van der Waals surface area (Å²) in [5.41, 5.74) is 2.42. The molecule has 0 spiro atoms. The molecule has 2 saturated heterocycles. The third-order valence-corrected chi connectivity index (χ3v) is 36.1. The van der Waals surface area contributed by atoms with E-state index in [1.165, 1.54) is 18.1 Å². The van der Waals surface area contributed by atoms with Gasteiger partial charge in [0.05, 0.1) is 13.2 Å². The molecule has 6 atom stereocenters. The van der Waals surface area contributed by atoms with Crippen LogP contribution in [0.25, 0.3) is 0 Å². The summed E-state index contributed by atoms with van der Waals surface area (Å²) in [4.78, 5) is 10.8. The monoisotopic (exact) mass is 1270 g/mol. The summed E-state index contributed by atoms with van der Waals surface area (Å²) in [5.74, 6) is 1.77. The van der Waals surface area contributed by atoms with E-state index in [1.54, 1.807) is 19.6 Å². The Balaban J connectivity index is 0.000000452. The average Bonchev–Trinajstić information content (AvgIpc) is 4.32. The minimum atomic E-state index is -3.51. The predicted octanol–water partition coefficient (Wildman–Crippen LogP) is 10.00. The van der Waals surface area contributed by atoms with E-state index in [1.807, 2.05) is 120 Å². The van der Waals surface area contributed by atoms with Gasteiger partial charge in [-0.05, 0) is 124 Å². The van der Waals surface area contributed by atoms with E-state index in [9.17, 15) is 4.79 Å². The number of hydrogen-bond acceptors (Lipinski definition) is 20. The van der Waals surface area contributed by atoms with Crippen molar-refractivity contribution in [2.24, 2.45) is 0 Å². The molecule has 1 amide bonds. The van der Waals surface area contributed by atoms with E-state index in [0.29, 0.717) is 85.8 Å². The number of nitrogens with one attached hydrogen (secondary N) is 1. The number of ether oxygens (including phenoxy) is 4. The zero-order chi connectivity index (χ0) is 60.9. The molecule has 2 aliphatic rings. The summed E-state index contributed by atoms with van der Waals surface area (Å²) in [6.45, 7) is 46.1. The predicted molar refractivity (Wildman–Crippen MR) is 327 cm³/mol. The van der Waals surface area contributed by atoms with Crippen LogP contribution >= 0.6 is 0 Å². The molecule has 2 fully saturated rings. The molecule has 0 radical (unpaired) electrons. The number of benzene rings is 2. The van der Waals surface area contributed by atoms with Crippen molar-refractivity contribution in [3.05, 3.63) is 59.7 Å². The van der Waals surface area contributed by atoms with Gasteiger partial charge in [0.1, 0.15) is 36.9 Å². The third kappa shape index (κ3) is 29.5. The van der Waals surface area contributed by atoms with Crippen LogP contribution in [0.4, 0.5) is 0 Å². The molecular formula is C53H105NO20Si7. The first kappa shape index (κ1) is 75.4. The smallest absolute Gasteiger partial charge is 0.491 e. The SMILES string of the molecule is CC(C)(c1ccc(OCC2CO2)cc1)c1ccc(OCC2CO2)cc1.CCO[Si](C)(C)O[Si](C)(OCC)O[Si](C)(OCC)O[Si](C)(OCC)O[Si](C)(OCC)O[Si](C)(OCC)OCC.CCO[Si](CCCNC(C)=O)(OCC)OCC. The summed E-state index contributed by atoms with van der Waals surface area (Å²) >= 11 is 0. The maximum absolute atomic E-state index is 10.8. The van der Waals surface area contributed by atoms with Crippen LogP contribution in [0.5, 0.6) is 11.5 Å². The second kappa shape index (κ2) is 37.1. The van der Waals surface area contributed by atoms with Crippen LogP contribution in [0.2, 0.25) is 51.9 Å². The Morgan fingerprint density at radius 2 is 0.765 bits per heavy atom. The van der Waals surface area contributed by atoms with Gasteiger partial charge >= 0.3 is 61.4 Å². The van der Waals surface area contributed by atoms with E-state index in [0.717, 1.165) is 37.2 Å². The summed E-state index contributed by atoms with van der Waals surface area (Å²) in [5, 5.41) is 2.76. The molecule has 0 saturated carbocycles. The molecular weight excluding hydrogens is 1170 g/mol. The summed E-state index contributed by atoms with van der Waals surface area (Å²) < 4.78 is 114. The maximum atomic E-state index is 10.8. The third-order valence-electron chi connectivity index (χ3n) is 11.8. The minimum Gasteiger partial charge on any atom is -0.491 e. The van der Waals surface area contributed by atoms with Gasteiger partial charge in [-0.3, -0.25) is 4.79 Å². The van der Waals surface area contributed by atoms with Crippen molar-refractivity contribution >= 4 is 67.3 Å². The first-order valence-electron chi connectivity index (χ1n) is 29.0. The topological polar surface area (TPSA) is 211 Å². The van der Waals surface area contributed by atoms with E-state index in [-0.39, 0.29) is 23.5 Å². The van der Waals surface area contributed by atoms with Crippen molar-refractivity contribution in [3.63, 3.8) is 0 Å². The van der Waals surface area contributed by atoms with Crippen LogP contribution in [-0.4, -0.2) is 179 Å². The molecule has 0 aliphatic carbocycles. The van der Waals surface area contributed by atoms with Crippen molar-refractivity contribution < 1.29 is 88.6 Å². The number of epoxide rings is 2. The van der Waals surface area contributed by atoms with Gasteiger partial charge in [0.2, 0.25) is 5.91 Å². The fourth-order valence-corrected chi connectivity index (χ4v) is 34.2. The lowest BCUT2D eigenvalue weighted by Crippen LogP contribution is -2.66. The fourth-order valence-electron chi connectivity index (χ4n) is 8.54. The van der Waals surface area contributed by atoms with Gasteiger partial charge in [0.25, 0.3) is 0 Å². The zero-order valence-corrected chi connectivity index (χ0v) is 60.0. The van der Waals surface area contributed by atoms with Gasteiger partial charge < -0.3 is 89.1 Å². The molecule has 2 aliphatic heterocycles. The van der Waals surface area contributed by atoms with Crippen molar-refractivity contribution in [3.8, 4) is 11.5 Å². The number of hydrogen-bond donors (Lipinski definition) is 1. The highest BCUT2D eigenvalue weighted by molar-refractivity contribution is 6.86. The van der Waals surface area contributed by atoms with Crippen molar-refractivity contribution in [2.75, 3.05) is 99.0 Å². The molecule has 0 aromatic heterocycles. The molecule has 0 bridgehead atoms. The number of carbonyl (C=O) groups is 1. The van der Waals surface area contributed by atoms with Gasteiger partial charge in [0, 0.05) is 124 Å². The Morgan fingerprint density at radius 3 is 1.06 bits per heavy atom. The quantitative estimate of drug-likeness (QED) is 0.0372. The molecule has 6 unspecified atom stereocenters. The molecule has 2 aromatic carbocycles. The highest BCUT2D eigenvalue weighted by atomic mass is 28.5. The highest BCUT2D eigenvalue weighted by Crippen LogP contribution is 2.35. The standard InChI is InChI=1S/C21H56O12Si6.C21H24O4.C11H25NO4Si/c1-15-22-34(8,9)29-36(11,25-18-4)31-38(13,27-20-6)33-39(14,28-21-7)32-37(12,26-19-5)30-35(10,23-16-2)24-17-3;1-21(2,15-3-7-17(8-4-15)22-11-19-13-24-19)16-5-9-18(10-6-16)23-12-20-14-25-20;1-5-14-17(15-6-2,16-7-3)10-8-9-12-11(4)13/h15-21H2,1-14H3;3-10,19-20H,11-14H2,1-2H3;5-10H2,1-4H3,(H,12,13). The molecule has 2 aromatic rings. The van der Waals surface area contributed by atoms with Crippen LogP contribution < -0.4 is 14.8 Å². The molecule has 21 nitrogen and oxygen atoms in total. The van der Waals surface area contributed by atoms with Crippen LogP contribution in [0, 0.1) is 0 Å².